The van der Waals surface area contributed by atoms with Gasteiger partial charge in [0.05, 0.1) is 0 Å². The molecule has 0 saturated heterocycles. The Morgan fingerprint density at radius 3 is 1.36 bits per heavy atom. The molecule has 0 saturated carbocycles. The number of halogens is 6. The van der Waals surface area contributed by atoms with Crippen molar-refractivity contribution in [3.63, 3.8) is 0 Å². The smallest absolute Gasteiger partial charge is 0.165 e. The van der Waals surface area contributed by atoms with Crippen molar-refractivity contribution in [3.8, 4) is 0 Å². The fourth-order valence-electron chi connectivity index (χ4n) is 0.560. The number of hydrogen-bond donors (Lipinski definition) is 0. The molecule has 0 rings (SSSR count). The lowest BCUT2D eigenvalue weighted by molar-refractivity contribution is -0.0803. The molecule has 0 heterocycles. The van der Waals surface area contributed by atoms with E-state index >= 15 is 0 Å². The molecule has 0 aliphatic carbocycles. The first-order valence-electron chi connectivity index (χ1n) is 3.34. The summed E-state index contributed by atoms with van der Waals surface area (Å²) in [7, 11) is 0. The zero-order valence-electron chi connectivity index (χ0n) is 7.11. The van der Waals surface area contributed by atoms with E-state index in [0.29, 0.717) is 0 Å². The Kier molecular flexibility index (Phi) is 4.39. The monoisotopic (exact) mass is 276 g/mol. The van der Waals surface area contributed by atoms with E-state index in [9.17, 15) is 26.3 Å². The lowest BCUT2D eigenvalue weighted by Crippen LogP contribution is -2.20. The Hall–Kier alpha value is 0.580. The molecule has 0 aromatic carbocycles. The summed E-state index contributed by atoms with van der Waals surface area (Å²) >= 11 is 3.57. The summed E-state index contributed by atoms with van der Waals surface area (Å²) in [6.45, 7) is 2.51. The van der Waals surface area contributed by atoms with E-state index < -0.39 is 22.3 Å². The zero-order chi connectivity index (χ0) is 11.8. The van der Waals surface area contributed by atoms with Gasteiger partial charge in [-0.05, 0) is 0 Å². The SMILES string of the molecule is CC(C)SP(=S)(C(F)(F)F)C(F)(F)F. The molecular formula is C5H7F6PS2. The minimum Gasteiger partial charge on any atom is -0.165 e. The summed E-state index contributed by atoms with van der Waals surface area (Å²) in [6.07, 6.45) is 0. The van der Waals surface area contributed by atoms with Crippen LogP contribution in [0.3, 0.4) is 0 Å². The van der Waals surface area contributed by atoms with Crippen LogP contribution in [0.2, 0.25) is 0 Å². The topological polar surface area (TPSA) is 0 Å². The highest BCUT2D eigenvalue weighted by Gasteiger charge is 2.64. The highest BCUT2D eigenvalue weighted by molar-refractivity contribution is 8.71. The molecule has 0 fully saturated rings. The van der Waals surface area contributed by atoms with Crippen molar-refractivity contribution in [2.24, 2.45) is 0 Å². The molecule has 0 aliphatic heterocycles. The maximum absolute atomic E-state index is 12.2. The summed E-state index contributed by atoms with van der Waals surface area (Å²) < 4.78 is 73.0. The van der Waals surface area contributed by atoms with E-state index in [2.05, 4.69) is 11.8 Å². The van der Waals surface area contributed by atoms with Gasteiger partial charge in [-0.15, -0.1) is 11.4 Å². The standard InChI is InChI=1S/C5H7F6PS2/c1-3(2)14-12(13,4(6,7)8)5(9,10)11/h3H,1-2H3. The average molecular weight is 276 g/mol. The highest BCUT2D eigenvalue weighted by atomic mass is 32.9. The van der Waals surface area contributed by atoms with Gasteiger partial charge in [-0.2, -0.15) is 26.3 Å². The molecule has 0 atom stereocenters. The van der Waals surface area contributed by atoms with Gasteiger partial charge in [0.15, 0.2) is 0 Å². The predicted molar refractivity (Wildman–Crippen MR) is 49.1 cm³/mol. The Bertz CT molecular complexity index is 224. The second-order valence-electron chi connectivity index (χ2n) is 2.64. The van der Waals surface area contributed by atoms with Gasteiger partial charge in [-0.25, -0.2) is 0 Å². The first-order valence-corrected chi connectivity index (χ1v) is 7.62. The third-order valence-corrected chi connectivity index (χ3v) is 8.49. The quantitative estimate of drug-likeness (QED) is 0.535. The molecule has 9 heteroatoms. The predicted octanol–water partition coefficient (Wildman–Crippen LogP) is 4.56. The first-order chi connectivity index (χ1) is 5.92. The molecule has 0 aromatic rings. The molecular weight excluding hydrogens is 269 g/mol. The Morgan fingerprint density at radius 1 is 1.00 bits per heavy atom. The van der Waals surface area contributed by atoms with E-state index in [4.69, 9.17) is 0 Å². The minimum atomic E-state index is -5.39. The zero-order valence-corrected chi connectivity index (χ0v) is 9.64. The summed E-state index contributed by atoms with van der Waals surface area (Å²) in [4.78, 5) is 0. The number of hydrogen-bond acceptors (Lipinski definition) is 2. The van der Waals surface area contributed by atoms with Crippen LogP contribution in [0.4, 0.5) is 26.3 Å². The molecule has 0 N–H and O–H groups in total. The van der Waals surface area contributed by atoms with Crippen molar-refractivity contribution < 1.29 is 26.3 Å². The van der Waals surface area contributed by atoms with Crippen LogP contribution in [0, 0.1) is 0 Å². The molecule has 0 nitrogen and oxygen atoms in total. The van der Waals surface area contributed by atoms with Crippen LogP contribution in [-0.2, 0) is 11.8 Å². The van der Waals surface area contributed by atoms with Gasteiger partial charge in [0.25, 0.3) is 0 Å². The Morgan fingerprint density at radius 2 is 1.29 bits per heavy atom. The van der Waals surface area contributed by atoms with Crippen LogP contribution in [-0.4, -0.2) is 17.1 Å². The van der Waals surface area contributed by atoms with E-state index in [-0.39, 0.29) is 11.4 Å². The first kappa shape index (κ1) is 14.6. The van der Waals surface area contributed by atoms with Gasteiger partial charge >= 0.3 is 11.8 Å². The van der Waals surface area contributed by atoms with Crippen molar-refractivity contribution in [3.05, 3.63) is 0 Å². The van der Waals surface area contributed by atoms with Crippen LogP contribution < -0.4 is 0 Å². The maximum atomic E-state index is 12.2. The Labute approximate surface area is 86.2 Å². The van der Waals surface area contributed by atoms with Crippen LogP contribution in [0.25, 0.3) is 0 Å². The van der Waals surface area contributed by atoms with Crippen molar-refractivity contribution in [2.75, 3.05) is 0 Å². The van der Waals surface area contributed by atoms with E-state index in [0.717, 1.165) is 0 Å². The van der Waals surface area contributed by atoms with Crippen molar-refractivity contribution >= 4 is 28.4 Å². The molecule has 0 spiro atoms. The van der Waals surface area contributed by atoms with Gasteiger partial charge in [-0.3, -0.25) is 0 Å². The second-order valence-corrected chi connectivity index (χ2v) is 10.5. The third-order valence-electron chi connectivity index (χ3n) is 1.03. The lowest BCUT2D eigenvalue weighted by Gasteiger charge is -2.27. The fourth-order valence-corrected chi connectivity index (χ4v) is 5.73. The number of rotatable bonds is 2. The molecule has 0 unspecified atom stereocenters. The molecule has 0 bridgehead atoms. The highest BCUT2D eigenvalue weighted by Crippen LogP contribution is 2.79. The normalized spacial score (nSPS) is 14.9. The molecule has 0 amide bonds. The van der Waals surface area contributed by atoms with Gasteiger partial charge in [0.2, 0.25) is 5.24 Å². The largest absolute Gasteiger partial charge is 0.431 e. The van der Waals surface area contributed by atoms with Crippen LogP contribution in [0.15, 0.2) is 0 Å². The Balaban J connectivity index is 5.20. The fraction of sp³-hybridized carbons (Fsp3) is 1.00. The minimum absolute atomic E-state index is 0.208. The van der Waals surface area contributed by atoms with Crippen LogP contribution >= 0.6 is 16.6 Å². The van der Waals surface area contributed by atoms with E-state index in [1.807, 2.05) is 0 Å². The van der Waals surface area contributed by atoms with Gasteiger partial charge in [-0.1, -0.05) is 25.7 Å². The molecule has 0 radical (unpaired) electrons. The van der Waals surface area contributed by atoms with Gasteiger partial charge in [0, 0.05) is 5.25 Å². The second kappa shape index (κ2) is 4.22. The summed E-state index contributed by atoms with van der Waals surface area (Å²) in [5, 5.41) is -6.19. The molecule has 0 aromatic heterocycles. The van der Waals surface area contributed by atoms with E-state index in [1.54, 1.807) is 0 Å². The third kappa shape index (κ3) is 3.03. The van der Waals surface area contributed by atoms with Crippen molar-refractivity contribution in [2.45, 2.75) is 30.9 Å². The molecule has 14 heavy (non-hydrogen) atoms. The van der Waals surface area contributed by atoms with Crippen LogP contribution in [0.5, 0.6) is 0 Å². The maximum Gasteiger partial charge on any atom is 0.431 e. The summed E-state index contributed by atoms with van der Waals surface area (Å²) in [6, 6.07) is 0. The van der Waals surface area contributed by atoms with Gasteiger partial charge < -0.3 is 0 Å². The van der Waals surface area contributed by atoms with Crippen molar-refractivity contribution in [1.82, 2.24) is 0 Å². The summed E-state index contributed by atoms with van der Waals surface area (Å²) in [5.74, 6) is -10.7. The average Bonchev–Trinajstić information content (AvgIpc) is 1.79. The number of alkyl halides is 6. The van der Waals surface area contributed by atoms with Crippen molar-refractivity contribution in [1.29, 1.82) is 0 Å². The van der Waals surface area contributed by atoms with Crippen LogP contribution in [0.1, 0.15) is 13.8 Å². The summed E-state index contributed by atoms with van der Waals surface area (Å²) in [5.41, 5.74) is 0. The van der Waals surface area contributed by atoms with Gasteiger partial charge in [0.1, 0.15) is 0 Å². The molecule has 0 aliphatic rings. The van der Waals surface area contributed by atoms with E-state index in [1.165, 1.54) is 13.8 Å². The lowest BCUT2D eigenvalue weighted by atomic mass is 10.6. The molecule has 86 valence electrons.